The minimum atomic E-state index is -0.673. The lowest BCUT2D eigenvalue weighted by Gasteiger charge is -2.11. The average molecular weight is 268 g/mol. The Balaban J connectivity index is 2.69. The quantitative estimate of drug-likeness (QED) is 0.832. The number of carbonyl (C=O) groups excluding carboxylic acids is 2. The van der Waals surface area contributed by atoms with Crippen LogP contribution in [-0.2, 0) is 9.53 Å². The molecule has 2 N–H and O–H groups in total. The highest BCUT2D eigenvalue weighted by Gasteiger charge is 2.10. The molecule has 0 bridgehead atoms. The molecule has 7 nitrogen and oxygen atoms in total. The first-order valence-corrected chi connectivity index (χ1v) is 5.44. The molecule has 0 aliphatic heterocycles. The molecule has 7 heteroatoms. The fraction of sp³-hybridized carbons (Fsp3) is 0.333. The van der Waals surface area contributed by atoms with Crippen LogP contribution in [0.1, 0.15) is 0 Å². The Hall–Kier alpha value is -2.44. The molecule has 0 radical (unpaired) electrons. The van der Waals surface area contributed by atoms with Gasteiger partial charge < -0.3 is 24.8 Å². The van der Waals surface area contributed by atoms with Gasteiger partial charge in [-0.3, -0.25) is 4.79 Å². The molecule has 0 aromatic heterocycles. The first-order valence-electron chi connectivity index (χ1n) is 5.44. The van der Waals surface area contributed by atoms with E-state index in [1.54, 1.807) is 18.2 Å². The van der Waals surface area contributed by atoms with E-state index < -0.39 is 12.0 Å². The summed E-state index contributed by atoms with van der Waals surface area (Å²) in [6.45, 7) is -0.201. The standard InChI is InChI=1S/C12H16N2O5/c1-17-8-4-5-10(18-2)9(6-8)14-11(15)7-13-12(16)19-3/h4-6H,7H2,1-3H3,(H,13,16)(H,14,15). The number of nitrogens with one attached hydrogen (secondary N) is 2. The molecule has 0 aliphatic rings. The number of benzene rings is 1. The van der Waals surface area contributed by atoms with Gasteiger partial charge in [0.15, 0.2) is 0 Å². The van der Waals surface area contributed by atoms with Gasteiger partial charge in [0.1, 0.15) is 18.0 Å². The number of amides is 2. The van der Waals surface area contributed by atoms with Crippen molar-refractivity contribution < 1.29 is 23.8 Å². The van der Waals surface area contributed by atoms with Crippen LogP contribution in [-0.4, -0.2) is 39.9 Å². The molecule has 1 rings (SSSR count). The van der Waals surface area contributed by atoms with Crippen molar-refractivity contribution in [1.82, 2.24) is 5.32 Å². The number of hydrogen-bond acceptors (Lipinski definition) is 5. The molecule has 0 heterocycles. The molecule has 0 spiro atoms. The van der Waals surface area contributed by atoms with Crippen LogP contribution in [0.4, 0.5) is 10.5 Å². The van der Waals surface area contributed by atoms with Crippen molar-refractivity contribution in [1.29, 1.82) is 0 Å². The maximum atomic E-state index is 11.6. The Bertz CT molecular complexity index is 461. The molecule has 19 heavy (non-hydrogen) atoms. The number of carbonyl (C=O) groups is 2. The summed E-state index contributed by atoms with van der Waals surface area (Å²) in [5, 5.41) is 4.87. The van der Waals surface area contributed by atoms with Gasteiger partial charge in [-0.05, 0) is 12.1 Å². The number of hydrogen-bond donors (Lipinski definition) is 2. The van der Waals surface area contributed by atoms with Crippen molar-refractivity contribution in [2.24, 2.45) is 0 Å². The molecule has 1 aromatic carbocycles. The molecule has 0 fully saturated rings. The van der Waals surface area contributed by atoms with Crippen LogP contribution in [0.3, 0.4) is 0 Å². The van der Waals surface area contributed by atoms with Crippen LogP contribution in [0, 0.1) is 0 Å². The highest BCUT2D eigenvalue weighted by atomic mass is 16.5. The lowest BCUT2D eigenvalue weighted by molar-refractivity contribution is -0.115. The van der Waals surface area contributed by atoms with Gasteiger partial charge in [0, 0.05) is 6.07 Å². The van der Waals surface area contributed by atoms with Crippen molar-refractivity contribution >= 4 is 17.7 Å². The molecule has 2 amide bonds. The fourth-order valence-electron chi connectivity index (χ4n) is 1.33. The molecular weight excluding hydrogens is 252 g/mol. The third-order valence-electron chi connectivity index (χ3n) is 2.26. The van der Waals surface area contributed by atoms with Crippen LogP contribution in [0.15, 0.2) is 18.2 Å². The summed E-state index contributed by atoms with van der Waals surface area (Å²) < 4.78 is 14.5. The largest absolute Gasteiger partial charge is 0.497 e. The van der Waals surface area contributed by atoms with Crippen LogP contribution in [0.25, 0.3) is 0 Å². The van der Waals surface area contributed by atoms with Crippen molar-refractivity contribution in [2.75, 3.05) is 33.2 Å². The zero-order chi connectivity index (χ0) is 14.3. The van der Waals surface area contributed by atoms with E-state index >= 15 is 0 Å². The summed E-state index contributed by atoms with van der Waals surface area (Å²) >= 11 is 0. The second-order valence-electron chi connectivity index (χ2n) is 3.46. The molecule has 0 unspecified atom stereocenters. The number of anilines is 1. The maximum Gasteiger partial charge on any atom is 0.407 e. The molecular formula is C12H16N2O5. The van der Waals surface area contributed by atoms with Crippen molar-refractivity contribution in [2.45, 2.75) is 0 Å². The first-order chi connectivity index (χ1) is 9.10. The van der Waals surface area contributed by atoms with Crippen LogP contribution in [0.5, 0.6) is 11.5 Å². The van der Waals surface area contributed by atoms with E-state index in [-0.39, 0.29) is 6.54 Å². The predicted octanol–water partition coefficient (Wildman–Crippen LogP) is 0.998. The molecule has 0 aliphatic carbocycles. The Labute approximate surface area is 110 Å². The van der Waals surface area contributed by atoms with Crippen LogP contribution < -0.4 is 20.1 Å². The van der Waals surface area contributed by atoms with Gasteiger partial charge in [0.2, 0.25) is 5.91 Å². The zero-order valence-electron chi connectivity index (χ0n) is 11.0. The minimum Gasteiger partial charge on any atom is -0.497 e. The molecule has 0 atom stereocenters. The lowest BCUT2D eigenvalue weighted by atomic mass is 10.2. The van der Waals surface area contributed by atoms with Gasteiger partial charge in [-0.1, -0.05) is 0 Å². The number of ether oxygens (including phenoxy) is 3. The van der Waals surface area contributed by atoms with Gasteiger partial charge >= 0.3 is 6.09 Å². The third kappa shape index (κ3) is 4.38. The fourth-order valence-corrected chi connectivity index (χ4v) is 1.33. The van der Waals surface area contributed by atoms with Crippen LogP contribution >= 0.6 is 0 Å². The first kappa shape index (κ1) is 14.6. The van der Waals surface area contributed by atoms with Crippen molar-refractivity contribution in [3.8, 4) is 11.5 Å². The summed E-state index contributed by atoms with van der Waals surface area (Å²) in [5.41, 5.74) is 0.457. The smallest absolute Gasteiger partial charge is 0.407 e. The third-order valence-corrected chi connectivity index (χ3v) is 2.26. The monoisotopic (exact) mass is 268 g/mol. The zero-order valence-corrected chi connectivity index (χ0v) is 11.0. The van der Waals surface area contributed by atoms with Gasteiger partial charge in [-0.2, -0.15) is 0 Å². The van der Waals surface area contributed by atoms with Gasteiger partial charge in [-0.15, -0.1) is 0 Å². The highest BCUT2D eigenvalue weighted by molar-refractivity contribution is 5.95. The second kappa shape index (κ2) is 7.10. The average Bonchev–Trinajstić information content (AvgIpc) is 2.44. The summed E-state index contributed by atoms with van der Waals surface area (Å²) in [4.78, 5) is 22.5. The van der Waals surface area contributed by atoms with E-state index in [0.717, 1.165) is 0 Å². The number of rotatable bonds is 5. The SMILES string of the molecule is COC(=O)NCC(=O)Nc1cc(OC)ccc1OC. The second-order valence-corrected chi connectivity index (χ2v) is 3.46. The predicted molar refractivity (Wildman–Crippen MR) is 68.6 cm³/mol. The van der Waals surface area contributed by atoms with E-state index in [0.29, 0.717) is 17.2 Å². The molecule has 0 saturated heterocycles. The summed E-state index contributed by atoms with van der Waals surface area (Å²) in [6, 6.07) is 5.00. The van der Waals surface area contributed by atoms with E-state index in [2.05, 4.69) is 15.4 Å². The number of methoxy groups -OCH3 is 3. The highest BCUT2D eigenvalue weighted by Crippen LogP contribution is 2.28. The van der Waals surface area contributed by atoms with Crippen molar-refractivity contribution in [3.63, 3.8) is 0 Å². The maximum absolute atomic E-state index is 11.6. The lowest BCUT2D eigenvalue weighted by Crippen LogP contribution is -2.32. The van der Waals surface area contributed by atoms with Gasteiger partial charge in [0.25, 0.3) is 0 Å². The van der Waals surface area contributed by atoms with Gasteiger partial charge in [0.05, 0.1) is 27.0 Å². The summed E-state index contributed by atoms with van der Waals surface area (Å²) in [6.07, 6.45) is -0.673. The molecule has 0 saturated carbocycles. The van der Waals surface area contributed by atoms with E-state index in [9.17, 15) is 9.59 Å². The Kier molecular flexibility index (Phi) is 5.46. The van der Waals surface area contributed by atoms with Crippen molar-refractivity contribution in [3.05, 3.63) is 18.2 Å². The van der Waals surface area contributed by atoms with E-state index in [1.807, 2.05) is 0 Å². The topological polar surface area (TPSA) is 85.9 Å². The Morgan fingerprint density at radius 2 is 1.89 bits per heavy atom. The van der Waals surface area contributed by atoms with E-state index in [1.165, 1.54) is 21.3 Å². The van der Waals surface area contributed by atoms with Gasteiger partial charge in [-0.25, -0.2) is 4.79 Å². The normalized spacial score (nSPS) is 9.42. The number of alkyl carbamates (subject to hydrolysis) is 1. The minimum absolute atomic E-state index is 0.201. The molecule has 104 valence electrons. The van der Waals surface area contributed by atoms with E-state index in [4.69, 9.17) is 9.47 Å². The summed E-state index contributed by atoms with van der Waals surface area (Å²) in [7, 11) is 4.23. The summed E-state index contributed by atoms with van der Waals surface area (Å²) in [5.74, 6) is 0.668. The Morgan fingerprint density at radius 1 is 1.16 bits per heavy atom. The van der Waals surface area contributed by atoms with Crippen LogP contribution in [0.2, 0.25) is 0 Å². The Morgan fingerprint density at radius 3 is 2.47 bits per heavy atom. The molecule has 1 aromatic rings.